The van der Waals surface area contributed by atoms with E-state index in [1.54, 1.807) is 7.11 Å². The van der Waals surface area contributed by atoms with Gasteiger partial charge in [-0.15, -0.1) is 0 Å². The first-order chi connectivity index (χ1) is 10.3. The van der Waals surface area contributed by atoms with Crippen LogP contribution in [0.15, 0.2) is 48.5 Å². The number of ether oxygens (including phenoxy) is 3. The maximum absolute atomic E-state index is 5.99. The number of benzene rings is 2. The summed E-state index contributed by atoms with van der Waals surface area (Å²) in [6.45, 7) is 2.93. The van der Waals surface area contributed by atoms with Crippen LogP contribution in [0.25, 0.3) is 0 Å². The molecule has 0 spiro atoms. The smallest absolute Gasteiger partial charge is 0.139 e. The highest BCUT2D eigenvalue weighted by Gasteiger charge is 2.16. The average Bonchev–Trinajstić information content (AvgIpc) is 2.53. The van der Waals surface area contributed by atoms with Crippen LogP contribution in [-0.2, 0) is 0 Å². The van der Waals surface area contributed by atoms with Crippen molar-refractivity contribution in [2.75, 3.05) is 20.3 Å². The highest BCUT2D eigenvalue weighted by molar-refractivity contribution is 5.38. The molecule has 0 amide bonds. The summed E-state index contributed by atoms with van der Waals surface area (Å²) in [4.78, 5) is 0. The predicted octanol–water partition coefficient (Wildman–Crippen LogP) is 3.17. The number of hydrogen-bond donors (Lipinski definition) is 1. The van der Waals surface area contributed by atoms with Gasteiger partial charge in [-0.2, -0.15) is 0 Å². The monoisotopic (exact) mass is 287 g/mol. The van der Waals surface area contributed by atoms with Crippen LogP contribution < -0.4 is 19.9 Å². The van der Waals surface area contributed by atoms with Crippen molar-refractivity contribution >= 4 is 0 Å². The first-order valence-corrected chi connectivity index (χ1v) is 7.01. The number of hydrogen-bond acceptors (Lipinski definition) is 4. The largest absolute Gasteiger partial charge is 0.496 e. The molecular formula is C17H21NO3. The summed E-state index contributed by atoms with van der Waals surface area (Å²) in [6, 6.07) is 15.3. The molecule has 0 aliphatic heterocycles. The summed E-state index contributed by atoms with van der Waals surface area (Å²) in [7, 11) is 1.64. The zero-order chi connectivity index (χ0) is 15.1. The lowest BCUT2D eigenvalue weighted by Gasteiger charge is -2.20. The van der Waals surface area contributed by atoms with E-state index in [0.717, 1.165) is 22.8 Å². The Balaban J connectivity index is 2.20. The summed E-state index contributed by atoms with van der Waals surface area (Å²) < 4.78 is 16.8. The molecule has 1 unspecified atom stereocenters. The third kappa shape index (κ3) is 3.89. The van der Waals surface area contributed by atoms with Crippen molar-refractivity contribution in [2.24, 2.45) is 5.73 Å². The molecule has 0 aliphatic rings. The Bertz CT molecular complexity index is 571. The molecule has 21 heavy (non-hydrogen) atoms. The van der Waals surface area contributed by atoms with Gasteiger partial charge in [-0.05, 0) is 25.1 Å². The Morgan fingerprint density at radius 3 is 2.52 bits per heavy atom. The van der Waals surface area contributed by atoms with Gasteiger partial charge in [0.1, 0.15) is 23.4 Å². The Kier molecular flexibility index (Phi) is 5.46. The summed E-state index contributed by atoms with van der Waals surface area (Å²) in [5.74, 6) is 2.28. The van der Waals surface area contributed by atoms with Crippen molar-refractivity contribution in [3.05, 3.63) is 54.1 Å². The van der Waals surface area contributed by atoms with Gasteiger partial charge in [-0.3, -0.25) is 0 Å². The highest BCUT2D eigenvalue weighted by Crippen LogP contribution is 2.29. The molecule has 112 valence electrons. The molecule has 0 aromatic heterocycles. The third-order valence-corrected chi connectivity index (χ3v) is 3.09. The van der Waals surface area contributed by atoms with E-state index < -0.39 is 0 Å². The minimum atomic E-state index is -0.266. The number of rotatable bonds is 7. The zero-order valence-electron chi connectivity index (χ0n) is 12.4. The molecule has 0 radical (unpaired) electrons. The fourth-order valence-electron chi connectivity index (χ4n) is 2.14. The van der Waals surface area contributed by atoms with Gasteiger partial charge in [0.05, 0.1) is 13.7 Å². The van der Waals surface area contributed by atoms with Crippen molar-refractivity contribution in [1.29, 1.82) is 0 Å². The van der Waals surface area contributed by atoms with Crippen molar-refractivity contribution in [3.8, 4) is 17.2 Å². The van der Waals surface area contributed by atoms with Crippen LogP contribution in [-0.4, -0.2) is 20.3 Å². The Hall–Kier alpha value is -2.20. The molecule has 2 rings (SSSR count). The lowest BCUT2D eigenvalue weighted by Crippen LogP contribution is -2.19. The Morgan fingerprint density at radius 1 is 1.05 bits per heavy atom. The molecule has 0 aliphatic carbocycles. The van der Waals surface area contributed by atoms with Crippen LogP contribution in [0.3, 0.4) is 0 Å². The average molecular weight is 287 g/mol. The molecule has 4 nitrogen and oxygen atoms in total. The van der Waals surface area contributed by atoms with Crippen LogP contribution in [0.1, 0.15) is 18.6 Å². The first kappa shape index (κ1) is 15.2. The number of nitrogens with two attached hydrogens (primary N) is 1. The van der Waals surface area contributed by atoms with Gasteiger partial charge < -0.3 is 19.9 Å². The van der Waals surface area contributed by atoms with Gasteiger partial charge in [0.2, 0.25) is 0 Å². The molecule has 0 heterocycles. The standard InChI is InChI=1S/C17H21NO3/c1-3-20-13-7-6-8-14(11-13)21-17(12-18)15-9-4-5-10-16(15)19-2/h4-11,17H,3,12,18H2,1-2H3. The van der Waals surface area contributed by atoms with E-state index in [1.807, 2.05) is 55.5 Å². The van der Waals surface area contributed by atoms with Crippen molar-refractivity contribution in [2.45, 2.75) is 13.0 Å². The maximum Gasteiger partial charge on any atom is 0.139 e. The Morgan fingerprint density at radius 2 is 1.81 bits per heavy atom. The van der Waals surface area contributed by atoms with Crippen LogP contribution in [0, 0.1) is 0 Å². The lowest BCUT2D eigenvalue weighted by molar-refractivity contribution is 0.207. The second-order valence-electron chi connectivity index (χ2n) is 4.49. The fourth-order valence-corrected chi connectivity index (χ4v) is 2.14. The summed E-state index contributed by atoms with van der Waals surface area (Å²) in [5, 5.41) is 0. The summed E-state index contributed by atoms with van der Waals surface area (Å²) in [6.07, 6.45) is -0.266. The number of methoxy groups -OCH3 is 1. The molecular weight excluding hydrogens is 266 g/mol. The first-order valence-electron chi connectivity index (χ1n) is 7.01. The highest BCUT2D eigenvalue weighted by atomic mass is 16.5. The van der Waals surface area contributed by atoms with Gasteiger partial charge >= 0.3 is 0 Å². The maximum atomic E-state index is 5.99. The summed E-state index contributed by atoms with van der Waals surface area (Å²) in [5.41, 5.74) is 6.80. The van der Waals surface area contributed by atoms with Crippen LogP contribution >= 0.6 is 0 Å². The van der Waals surface area contributed by atoms with Crippen LogP contribution in [0.5, 0.6) is 17.2 Å². The number of para-hydroxylation sites is 1. The van der Waals surface area contributed by atoms with Gasteiger partial charge in [0, 0.05) is 18.2 Å². The lowest BCUT2D eigenvalue weighted by atomic mass is 10.1. The molecule has 0 bridgehead atoms. The van der Waals surface area contributed by atoms with E-state index in [1.165, 1.54) is 0 Å². The molecule has 2 N–H and O–H groups in total. The van der Waals surface area contributed by atoms with Crippen molar-refractivity contribution < 1.29 is 14.2 Å². The van der Waals surface area contributed by atoms with Crippen molar-refractivity contribution in [1.82, 2.24) is 0 Å². The molecule has 0 saturated carbocycles. The van der Waals surface area contributed by atoms with Gasteiger partial charge in [-0.25, -0.2) is 0 Å². The van der Waals surface area contributed by atoms with Gasteiger partial charge in [-0.1, -0.05) is 24.3 Å². The molecule has 0 fully saturated rings. The van der Waals surface area contributed by atoms with Gasteiger partial charge in [0.25, 0.3) is 0 Å². The molecule has 2 aromatic carbocycles. The quantitative estimate of drug-likeness (QED) is 0.850. The SMILES string of the molecule is CCOc1cccc(OC(CN)c2ccccc2OC)c1. The van der Waals surface area contributed by atoms with E-state index in [9.17, 15) is 0 Å². The fraction of sp³-hybridized carbons (Fsp3) is 0.294. The molecule has 4 heteroatoms. The molecule has 1 atom stereocenters. The second-order valence-corrected chi connectivity index (χ2v) is 4.49. The Labute approximate surface area is 125 Å². The van der Waals surface area contributed by atoms with Crippen LogP contribution in [0.2, 0.25) is 0 Å². The van der Waals surface area contributed by atoms with E-state index in [4.69, 9.17) is 19.9 Å². The molecule has 0 saturated heterocycles. The molecule has 2 aromatic rings. The topological polar surface area (TPSA) is 53.7 Å². The van der Waals surface area contributed by atoms with E-state index >= 15 is 0 Å². The normalized spacial score (nSPS) is 11.8. The van der Waals surface area contributed by atoms with Gasteiger partial charge in [0.15, 0.2) is 0 Å². The summed E-state index contributed by atoms with van der Waals surface area (Å²) >= 11 is 0. The van der Waals surface area contributed by atoms with E-state index in [2.05, 4.69) is 0 Å². The third-order valence-electron chi connectivity index (χ3n) is 3.09. The predicted molar refractivity (Wildman–Crippen MR) is 83.0 cm³/mol. The van der Waals surface area contributed by atoms with Crippen molar-refractivity contribution in [3.63, 3.8) is 0 Å². The minimum absolute atomic E-state index is 0.266. The minimum Gasteiger partial charge on any atom is -0.496 e. The van der Waals surface area contributed by atoms with E-state index in [-0.39, 0.29) is 6.10 Å². The zero-order valence-corrected chi connectivity index (χ0v) is 12.4. The second kappa shape index (κ2) is 7.55. The van der Waals surface area contributed by atoms with Crippen LogP contribution in [0.4, 0.5) is 0 Å². The van der Waals surface area contributed by atoms with E-state index in [0.29, 0.717) is 13.2 Å².